The highest BCUT2D eigenvalue weighted by Gasteiger charge is 2.17. The number of methoxy groups -OCH3 is 1. The van der Waals surface area contributed by atoms with Gasteiger partial charge in [-0.05, 0) is 32.0 Å². The van der Waals surface area contributed by atoms with E-state index >= 15 is 0 Å². The molecule has 0 aliphatic rings. The third kappa shape index (κ3) is 4.20. The first-order valence-electron chi connectivity index (χ1n) is 5.63. The largest absolute Gasteiger partial charge is 0.493 e. The van der Waals surface area contributed by atoms with Gasteiger partial charge in [-0.1, -0.05) is 11.6 Å². The molecule has 0 saturated carbocycles. The van der Waals surface area contributed by atoms with Crippen LogP contribution in [0.25, 0.3) is 0 Å². The molecule has 0 radical (unpaired) electrons. The van der Waals surface area contributed by atoms with Crippen LogP contribution in [0.1, 0.15) is 30.6 Å². The molecular weight excluding hydrogens is 254 g/mol. The van der Waals surface area contributed by atoms with Crippen molar-refractivity contribution in [3.63, 3.8) is 0 Å². The van der Waals surface area contributed by atoms with Gasteiger partial charge in [-0.3, -0.25) is 4.79 Å². The second-order valence-electron chi connectivity index (χ2n) is 4.57. The van der Waals surface area contributed by atoms with Crippen molar-refractivity contribution in [3.8, 4) is 5.75 Å². The van der Waals surface area contributed by atoms with Crippen LogP contribution in [0.2, 0.25) is 5.02 Å². The quantitative estimate of drug-likeness (QED) is 0.865. The van der Waals surface area contributed by atoms with Gasteiger partial charge in [0, 0.05) is 18.6 Å². The average Bonchev–Trinajstić information content (AvgIpc) is 2.30. The maximum atomic E-state index is 11.2. The summed E-state index contributed by atoms with van der Waals surface area (Å²) < 4.78 is 10.8. The van der Waals surface area contributed by atoms with Crippen LogP contribution >= 0.6 is 11.6 Å². The highest BCUT2D eigenvalue weighted by Crippen LogP contribution is 2.23. The van der Waals surface area contributed by atoms with Gasteiger partial charge >= 0.3 is 0 Å². The van der Waals surface area contributed by atoms with Crippen molar-refractivity contribution in [2.45, 2.75) is 25.9 Å². The smallest absolute Gasteiger partial charge is 0.252 e. The Kier molecular flexibility index (Phi) is 4.99. The number of rotatable bonds is 6. The van der Waals surface area contributed by atoms with Crippen molar-refractivity contribution in [2.75, 3.05) is 13.7 Å². The van der Waals surface area contributed by atoms with Gasteiger partial charge in [0.25, 0.3) is 5.91 Å². The monoisotopic (exact) mass is 271 g/mol. The number of carbonyl (C=O) groups is 1. The summed E-state index contributed by atoms with van der Waals surface area (Å²) in [5, 5.41) is 0.452. The van der Waals surface area contributed by atoms with Gasteiger partial charge in [0.1, 0.15) is 5.75 Å². The second-order valence-corrected chi connectivity index (χ2v) is 5.00. The van der Waals surface area contributed by atoms with Crippen molar-refractivity contribution >= 4 is 17.5 Å². The Balaban J connectivity index is 2.70. The molecule has 2 N–H and O–H groups in total. The lowest BCUT2D eigenvalue weighted by Crippen LogP contribution is -2.25. The zero-order valence-electron chi connectivity index (χ0n) is 10.8. The molecule has 0 aliphatic carbocycles. The van der Waals surface area contributed by atoms with Crippen LogP contribution in [0.5, 0.6) is 5.75 Å². The Morgan fingerprint density at radius 1 is 1.44 bits per heavy atom. The molecule has 1 amide bonds. The third-order valence-corrected chi connectivity index (χ3v) is 2.96. The number of nitrogens with two attached hydrogens (primary N) is 1. The third-order valence-electron chi connectivity index (χ3n) is 2.72. The van der Waals surface area contributed by atoms with Gasteiger partial charge in [-0.2, -0.15) is 0 Å². The Hall–Kier alpha value is -1.26. The van der Waals surface area contributed by atoms with E-state index in [1.165, 1.54) is 6.07 Å². The van der Waals surface area contributed by atoms with Gasteiger partial charge in [0.05, 0.1) is 17.8 Å². The number of amides is 1. The van der Waals surface area contributed by atoms with Crippen LogP contribution in [0.4, 0.5) is 0 Å². The molecule has 0 saturated heterocycles. The number of hydrogen-bond donors (Lipinski definition) is 1. The highest BCUT2D eigenvalue weighted by molar-refractivity contribution is 6.31. The Bertz CT molecular complexity index is 432. The molecule has 0 spiro atoms. The fraction of sp³-hybridized carbons (Fsp3) is 0.462. The minimum atomic E-state index is -0.557. The van der Waals surface area contributed by atoms with E-state index in [0.29, 0.717) is 23.8 Å². The van der Waals surface area contributed by atoms with E-state index in [1.54, 1.807) is 19.2 Å². The predicted octanol–water partition coefficient (Wildman–Crippen LogP) is 2.63. The van der Waals surface area contributed by atoms with Gasteiger partial charge in [0.15, 0.2) is 0 Å². The molecular formula is C13H18ClNO3. The van der Waals surface area contributed by atoms with Gasteiger partial charge in [0.2, 0.25) is 0 Å². The fourth-order valence-electron chi connectivity index (χ4n) is 1.33. The van der Waals surface area contributed by atoms with Crippen LogP contribution in [-0.4, -0.2) is 25.2 Å². The number of halogens is 1. The van der Waals surface area contributed by atoms with E-state index in [9.17, 15) is 4.79 Å². The molecule has 0 fully saturated rings. The van der Waals surface area contributed by atoms with Crippen molar-refractivity contribution in [3.05, 3.63) is 28.8 Å². The zero-order chi connectivity index (χ0) is 13.8. The SMILES string of the molecule is COC(C)(C)CCOc1ccc(Cl)cc1C(N)=O. The maximum absolute atomic E-state index is 11.2. The van der Waals surface area contributed by atoms with Gasteiger partial charge < -0.3 is 15.2 Å². The molecule has 0 atom stereocenters. The number of hydrogen-bond acceptors (Lipinski definition) is 3. The molecule has 4 nitrogen and oxygen atoms in total. The normalized spacial score (nSPS) is 11.3. The van der Waals surface area contributed by atoms with E-state index in [-0.39, 0.29) is 11.2 Å². The number of benzene rings is 1. The molecule has 0 aromatic heterocycles. The summed E-state index contributed by atoms with van der Waals surface area (Å²) in [5.74, 6) is -0.114. The van der Waals surface area contributed by atoms with E-state index in [2.05, 4.69) is 0 Å². The van der Waals surface area contributed by atoms with Crippen molar-refractivity contribution in [1.29, 1.82) is 0 Å². The van der Waals surface area contributed by atoms with Crippen LogP contribution in [0, 0.1) is 0 Å². The highest BCUT2D eigenvalue weighted by atomic mass is 35.5. The van der Waals surface area contributed by atoms with Gasteiger partial charge in [-0.25, -0.2) is 0 Å². The van der Waals surface area contributed by atoms with Crippen LogP contribution in [-0.2, 0) is 4.74 Å². The maximum Gasteiger partial charge on any atom is 0.252 e. The zero-order valence-corrected chi connectivity index (χ0v) is 11.6. The summed E-state index contributed by atoms with van der Waals surface area (Å²) in [7, 11) is 1.65. The van der Waals surface area contributed by atoms with Crippen molar-refractivity contribution < 1.29 is 14.3 Å². The molecule has 1 rings (SSSR count). The standard InChI is InChI=1S/C13H18ClNO3/c1-13(2,17-3)6-7-18-11-5-4-9(14)8-10(11)12(15)16/h4-5,8H,6-7H2,1-3H3,(H2,15,16). The minimum absolute atomic E-state index is 0.265. The number of carbonyl (C=O) groups excluding carboxylic acids is 1. The Morgan fingerprint density at radius 3 is 2.67 bits per heavy atom. The fourth-order valence-corrected chi connectivity index (χ4v) is 1.50. The molecule has 1 aromatic rings. The summed E-state index contributed by atoms with van der Waals surface area (Å²) >= 11 is 5.81. The van der Waals surface area contributed by atoms with Crippen molar-refractivity contribution in [1.82, 2.24) is 0 Å². The first-order valence-corrected chi connectivity index (χ1v) is 6.01. The van der Waals surface area contributed by atoms with Crippen LogP contribution in [0.15, 0.2) is 18.2 Å². The molecule has 18 heavy (non-hydrogen) atoms. The number of ether oxygens (including phenoxy) is 2. The van der Waals surface area contributed by atoms with E-state index in [0.717, 1.165) is 0 Å². The Labute approximate surface area is 112 Å². The summed E-state index contributed by atoms with van der Waals surface area (Å²) in [4.78, 5) is 11.2. The summed E-state index contributed by atoms with van der Waals surface area (Å²) in [6.45, 7) is 4.36. The number of primary amides is 1. The first-order chi connectivity index (χ1) is 8.35. The summed E-state index contributed by atoms with van der Waals surface area (Å²) in [6.07, 6.45) is 0.699. The molecule has 0 unspecified atom stereocenters. The summed E-state index contributed by atoms with van der Waals surface area (Å²) in [5.41, 5.74) is 5.29. The molecule has 100 valence electrons. The molecule has 0 bridgehead atoms. The van der Waals surface area contributed by atoms with E-state index < -0.39 is 5.91 Å². The van der Waals surface area contributed by atoms with Gasteiger partial charge in [-0.15, -0.1) is 0 Å². The molecule has 5 heteroatoms. The minimum Gasteiger partial charge on any atom is -0.493 e. The van der Waals surface area contributed by atoms with E-state index in [4.69, 9.17) is 26.8 Å². The lowest BCUT2D eigenvalue weighted by atomic mass is 10.1. The van der Waals surface area contributed by atoms with Crippen molar-refractivity contribution in [2.24, 2.45) is 5.73 Å². The average molecular weight is 272 g/mol. The lowest BCUT2D eigenvalue weighted by molar-refractivity contribution is 0.00541. The molecule has 0 heterocycles. The lowest BCUT2D eigenvalue weighted by Gasteiger charge is -2.22. The molecule has 1 aromatic carbocycles. The van der Waals surface area contributed by atoms with Crippen LogP contribution < -0.4 is 10.5 Å². The predicted molar refractivity (Wildman–Crippen MR) is 71.2 cm³/mol. The Morgan fingerprint density at radius 2 is 2.11 bits per heavy atom. The molecule has 0 aliphatic heterocycles. The summed E-state index contributed by atoms with van der Waals surface area (Å²) in [6, 6.07) is 4.80. The van der Waals surface area contributed by atoms with E-state index in [1.807, 2.05) is 13.8 Å². The van der Waals surface area contributed by atoms with Crippen LogP contribution in [0.3, 0.4) is 0 Å². The first kappa shape index (κ1) is 14.8. The topological polar surface area (TPSA) is 61.6 Å². The second kappa shape index (κ2) is 6.07.